The van der Waals surface area contributed by atoms with Gasteiger partial charge in [-0.05, 0) is 30.0 Å². The first-order valence-electron chi connectivity index (χ1n) is 9.23. The van der Waals surface area contributed by atoms with E-state index in [2.05, 4.69) is 15.0 Å². The van der Waals surface area contributed by atoms with Gasteiger partial charge in [-0.25, -0.2) is 4.98 Å². The highest BCUT2D eigenvalue weighted by Gasteiger charge is 2.25. The first-order chi connectivity index (χ1) is 13.7. The Kier molecular flexibility index (Phi) is 3.83. The maximum Gasteiger partial charge on any atom is 0.254 e. The molecule has 0 aliphatic carbocycles. The Labute approximate surface area is 160 Å². The van der Waals surface area contributed by atoms with Crippen molar-refractivity contribution in [3.05, 3.63) is 88.0 Å². The molecule has 138 valence electrons. The predicted octanol–water partition coefficient (Wildman–Crippen LogP) is 3.12. The van der Waals surface area contributed by atoms with Crippen molar-refractivity contribution in [3.8, 4) is 11.4 Å². The number of carbonyl (C=O) groups excluding carboxylic acids is 1. The minimum absolute atomic E-state index is 0.0505. The number of carbonyl (C=O) groups is 1. The van der Waals surface area contributed by atoms with Crippen LogP contribution in [0.2, 0.25) is 0 Å². The van der Waals surface area contributed by atoms with Crippen LogP contribution in [0, 0.1) is 0 Å². The van der Waals surface area contributed by atoms with Crippen LogP contribution in [-0.2, 0) is 13.0 Å². The van der Waals surface area contributed by atoms with E-state index in [0.29, 0.717) is 42.2 Å². The van der Waals surface area contributed by atoms with Gasteiger partial charge in [-0.1, -0.05) is 36.4 Å². The fraction of sp³-hybridized carbons (Fsp3) is 0.136. The second-order valence-corrected chi connectivity index (χ2v) is 6.96. The SMILES string of the molecule is O=C(c1ccc2cc[nH]c2c1)N1CCc2c(nc(-c3ccccc3)[nH]c2=O)C1. The summed E-state index contributed by atoms with van der Waals surface area (Å²) in [4.78, 5) is 38.0. The largest absolute Gasteiger partial charge is 0.361 e. The number of hydrogen-bond donors (Lipinski definition) is 2. The lowest BCUT2D eigenvalue weighted by molar-refractivity contribution is 0.0731. The van der Waals surface area contributed by atoms with Crippen molar-refractivity contribution < 1.29 is 4.79 Å². The van der Waals surface area contributed by atoms with E-state index < -0.39 is 0 Å². The third-order valence-electron chi connectivity index (χ3n) is 5.21. The van der Waals surface area contributed by atoms with E-state index in [1.54, 1.807) is 4.90 Å². The Morgan fingerprint density at radius 2 is 1.93 bits per heavy atom. The second kappa shape index (κ2) is 6.49. The average molecular weight is 370 g/mol. The van der Waals surface area contributed by atoms with E-state index in [1.165, 1.54) is 0 Å². The highest BCUT2D eigenvalue weighted by atomic mass is 16.2. The molecular formula is C22H18N4O2. The number of nitrogens with zero attached hydrogens (tertiary/aromatic N) is 2. The standard InChI is InChI=1S/C22H18N4O2/c27-21-17-9-11-26(22(28)16-7-6-14-8-10-23-18(14)12-16)13-19(17)24-20(25-21)15-4-2-1-3-5-15/h1-8,10,12,23H,9,11,13H2,(H,24,25,27). The molecule has 0 radical (unpaired) electrons. The third kappa shape index (κ3) is 2.79. The molecule has 2 N–H and O–H groups in total. The zero-order valence-corrected chi connectivity index (χ0v) is 15.1. The topological polar surface area (TPSA) is 81.8 Å². The van der Waals surface area contributed by atoms with Crippen LogP contribution in [0.1, 0.15) is 21.6 Å². The Bertz CT molecular complexity index is 1240. The van der Waals surface area contributed by atoms with Crippen molar-refractivity contribution >= 4 is 16.8 Å². The lowest BCUT2D eigenvalue weighted by Crippen LogP contribution is -2.39. The molecule has 6 heteroatoms. The van der Waals surface area contributed by atoms with Crippen LogP contribution >= 0.6 is 0 Å². The lowest BCUT2D eigenvalue weighted by Gasteiger charge is -2.28. The molecule has 0 fully saturated rings. The van der Waals surface area contributed by atoms with Gasteiger partial charge in [0.15, 0.2) is 0 Å². The summed E-state index contributed by atoms with van der Waals surface area (Å²) in [6.45, 7) is 0.838. The molecule has 1 aliphatic rings. The molecule has 0 saturated carbocycles. The Morgan fingerprint density at radius 3 is 2.79 bits per heavy atom. The summed E-state index contributed by atoms with van der Waals surface area (Å²) in [5, 5.41) is 1.07. The van der Waals surface area contributed by atoms with Gasteiger partial charge in [0.05, 0.1) is 12.2 Å². The van der Waals surface area contributed by atoms with Crippen LogP contribution in [0.25, 0.3) is 22.3 Å². The van der Waals surface area contributed by atoms with Crippen LogP contribution in [0.4, 0.5) is 0 Å². The van der Waals surface area contributed by atoms with Crippen molar-refractivity contribution in [2.45, 2.75) is 13.0 Å². The minimum atomic E-state index is -0.122. The van der Waals surface area contributed by atoms with Crippen LogP contribution < -0.4 is 5.56 Å². The summed E-state index contributed by atoms with van der Waals surface area (Å²) in [5.41, 5.74) is 3.63. The van der Waals surface area contributed by atoms with Crippen molar-refractivity contribution in [3.63, 3.8) is 0 Å². The summed E-state index contributed by atoms with van der Waals surface area (Å²) >= 11 is 0. The van der Waals surface area contributed by atoms with E-state index in [0.717, 1.165) is 16.5 Å². The molecular weight excluding hydrogens is 352 g/mol. The normalized spacial score (nSPS) is 13.5. The molecule has 28 heavy (non-hydrogen) atoms. The van der Waals surface area contributed by atoms with Crippen molar-refractivity contribution in [2.24, 2.45) is 0 Å². The van der Waals surface area contributed by atoms with Gasteiger partial charge < -0.3 is 14.9 Å². The van der Waals surface area contributed by atoms with Gasteiger partial charge in [-0.3, -0.25) is 9.59 Å². The highest BCUT2D eigenvalue weighted by Crippen LogP contribution is 2.21. The molecule has 2 aromatic carbocycles. The molecule has 1 aliphatic heterocycles. The Balaban J connectivity index is 1.47. The first kappa shape index (κ1) is 16.5. The maximum atomic E-state index is 13.0. The number of rotatable bonds is 2. The average Bonchev–Trinajstić information content (AvgIpc) is 3.21. The summed E-state index contributed by atoms with van der Waals surface area (Å²) in [6.07, 6.45) is 2.36. The van der Waals surface area contributed by atoms with E-state index in [1.807, 2.05) is 60.8 Å². The molecule has 6 nitrogen and oxygen atoms in total. The summed E-state index contributed by atoms with van der Waals surface area (Å²) in [5.74, 6) is 0.483. The first-order valence-corrected chi connectivity index (χ1v) is 9.23. The van der Waals surface area contributed by atoms with Gasteiger partial charge in [0.25, 0.3) is 11.5 Å². The number of H-pyrrole nitrogens is 2. The van der Waals surface area contributed by atoms with Gasteiger partial charge in [0.1, 0.15) is 5.82 Å². The number of aromatic nitrogens is 3. The molecule has 1 amide bonds. The van der Waals surface area contributed by atoms with Crippen LogP contribution in [0.3, 0.4) is 0 Å². The highest BCUT2D eigenvalue weighted by molar-refractivity contribution is 5.98. The van der Waals surface area contributed by atoms with Crippen LogP contribution in [-0.4, -0.2) is 32.3 Å². The number of fused-ring (bicyclic) bond motifs is 2. The number of aromatic amines is 2. The zero-order valence-electron chi connectivity index (χ0n) is 15.1. The van der Waals surface area contributed by atoms with Crippen molar-refractivity contribution in [2.75, 3.05) is 6.54 Å². The summed E-state index contributed by atoms with van der Waals surface area (Å²) in [7, 11) is 0. The lowest BCUT2D eigenvalue weighted by atomic mass is 10.0. The monoisotopic (exact) mass is 370 g/mol. The smallest absolute Gasteiger partial charge is 0.254 e. The fourth-order valence-corrected chi connectivity index (χ4v) is 3.71. The number of hydrogen-bond acceptors (Lipinski definition) is 3. The van der Waals surface area contributed by atoms with Gasteiger partial charge in [0.2, 0.25) is 0 Å². The molecule has 0 saturated heterocycles. The van der Waals surface area contributed by atoms with Crippen molar-refractivity contribution in [1.29, 1.82) is 0 Å². The maximum absolute atomic E-state index is 13.0. The Hall–Kier alpha value is -3.67. The molecule has 0 atom stereocenters. The quantitative estimate of drug-likeness (QED) is 0.569. The van der Waals surface area contributed by atoms with Crippen molar-refractivity contribution in [1.82, 2.24) is 19.9 Å². The summed E-state index contributed by atoms with van der Waals surface area (Å²) in [6, 6.07) is 17.2. The molecule has 0 unspecified atom stereocenters. The fourth-order valence-electron chi connectivity index (χ4n) is 3.71. The number of amides is 1. The van der Waals surface area contributed by atoms with Crippen LogP contribution in [0.15, 0.2) is 65.6 Å². The molecule has 3 heterocycles. The van der Waals surface area contributed by atoms with Gasteiger partial charge in [-0.2, -0.15) is 0 Å². The zero-order chi connectivity index (χ0) is 19.1. The third-order valence-corrected chi connectivity index (χ3v) is 5.21. The molecule has 0 bridgehead atoms. The van der Waals surface area contributed by atoms with Gasteiger partial charge in [-0.15, -0.1) is 0 Å². The number of nitrogens with one attached hydrogen (secondary N) is 2. The molecule has 5 rings (SSSR count). The molecule has 4 aromatic rings. The van der Waals surface area contributed by atoms with Gasteiger partial charge in [0, 0.05) is 34.9 Å². The second-order valence-electron chi connectivity index (χ2n) is 6.96. The van der Waals surface area contributed by atoms with E-state index in [4.69, 9.17) is 0 Å². The van der Waals surface area contributed by atoms with E-state index >= 15 is 0 Å². The summed E-state index contributed by atoms with van der Waals surface area (Å²) < 4.78 is 0. The Morgan fingerprint density at radius 1 is 1.07 bits per heavy atom. The molecule has 0 spiro atoms. The predicted molar refractivity (Wildman–Crippen MR) is 107 cm³/mol. The van der Waals surface area contributed by atoms with Crippen LogP contribution in [0.5, 0.6) is 0 Å². The van der Waals surface area contributed by atoms with E-state index in [-0.39, 0.29) is 11.5 Å². The van der Waals surface area contributed by atoms with E-state index in [9.17, 15) is 9.59 Å². The molecule has 2 aromatic heterocycles. The minimum Gasteiger partial charge on any atom is -0.361 e. The number of benzene rings is 2. The van der Waals surface area contributed by atoms with Gasteiger partial charge >= 0.3 is 0 Å².